The Balaban J connectivity index is 1.56. The van der Waals surface area contributed by atoms with Gasteiger partial charge in [-0.1, -0.05) is 54.6 Å². The highest BCUT2D eigenvalue weighted by Gasteiger charge is 2.70. The number of fused-ring (bicyclic) bond motifs is 5. The number of hydrogen-bond donors (Lipinski definition) is 0. The van der Waals surface area contributed by atoms with Crippen LogP contribution in [-0.2, 0) is 14.3 Å². The number of rotatable bonds is 3. The zero-order valence-corrected chi connectivity index (χ0v) is 19.6. The molecular weight excluding hydrogens is 423 g/mol. The zero-order valence-electron chi connectivity index (χ0n) is 18.8. The van der Waals surface area contributed by atoms with Crippen LogP contribution in [0.15, 0.2) is 70.0 Å². The molecule has 5 heteroatoms. The van der Waals surface area contributed by atoms with Crippen molar-refractivity contribution in [1.82, 2.24) is 0 Å². The van der Waals surface area contributed by atoms with Crippen LogP contribution in [0.25, 0.3) is 0 Å². The summed E-state index contributed by atoms with van der Waals surface area (Å²) in [4.78, 5) is 26.6. The third-order valence-corrected chi connectivity index (χ3v) is 9.77. The second kappa shape index (κ2) is 7.44. The molecule has 2 saturated carbocycles. The highest BCUT2D eigenvalue weighted by atomic mass is 32.2. The molecule has 0 unspecified atom stereocenters. The van der Waals surface area contributed by atoms with Gasteiger partial charge in [0.05, 0.1) is 0 Å². The van der Waals surface area contributed by atoms with E-state index in [1.807, 2.05) is 25.1 Å². The fourth-order valence-corrected chi connectivity index (χ4v) is 8.00. The Bertz CT molecular complexity index is 1060. The second-order valence-corrected chi connectivity index (χ2v) is 11.2. The molecule has 0 amide bonds. The lowest BCUT2D eigenvalue weighted by molar-refractivity contribution is -0.205. The van der Waals surface area contributed by atoms with Crippen molar-refractivity contribution in [1.29, 1.82) is 0 Å². The first-order chi connectivity index (χ1) is 15.2. The van der Waals surface area contributed by atoms with Crippen molar-refractivity contribution in [2.24, 2.45) is 22.7 Å². The van der Waals surface area contributed by atoms with E-state index in [9.17, 15) is 9.59 Å². The van der Waals surface area contributed by atoms with Crippen LogP contribution in [-0.4, -0.2) is 23.5 Å². The summed E-state index contributed by atoms with van der Waals surface area (Å²) in [6.45, 7) is 5.46. The van der Waals surface area contributed by atoms with Crippen LogP contribution in [0.4, 0.5) is 4.39 Å². The van der Waals surface area contributed by atoms with Gasteiger partial charge in [-0.05, 0) is 67.7 Å². The quantitative estimate of drug-likeness (QED) is 0.511. The van der Waals surface area contributed by atoms with Gasteiger partial charge in [-0.3, -0.25) is 9.59 Å². The maximum Gasteiger partial charge on any atom is 0.303 e. The number of halogens is 1. The predicted octanol–water partition coefficient (Wildman–Crippen LogP) is 6.21. The lowest BCUT2D eigenvalue weighted by Crippen LogP contribution is -2.67. The number of carbonyl (C=O) groups is 2. The molecule has 0 bridgehead atoms. The lowest BCUT2D eigenvalue weighted by atomic mass is 9.46. The highest BCUT2D eigenvalue weighted by Crippen LogP contribution is 2.69. The summed E-state index contributed by atoms with van der Waals surface area (Å²) in [5.74, 6) is -0.665. The number of hydrogen-bond acceptors (Lipinski definition) is 4. The molecule has 6 atom stereocenters. The van der Waals surface area contributed by atoms with E-state index in [2.05, 4.69) is 25.1 Å². The van der Waals surface area contributed by atoms with Gasteiger partial charge in [0.25, 0.3) is 0 Å². The number of thioether (sulfide) groups is 1. The van der Waals surface area contributed by atoms with Gasteiger partial charge in [-0.15, -0.1) is 0 Å². The van der Waals surface area contributed by atoms with Gasteiger partial charge < -0.3 is 4.74 Å². The molecule has 3 nitrogen and oxygen atoms in total. The van der Waals surface area contributed by atoms with Crippen molar-refractivity contribution in [3.05, 3.63) is 65.1 Å². The molecule has 0 radical (unpaired) electrons. The standard InChI is InChI=1S/C27H29FO3S/c1-17(29)31-23-16-25(2)21(11-12-24(25)32-20-7-5-4-6-8-20)22-10-9-18-15-19(30)13-14-26(18,3)27(22,23)28/h4-8,12-15,21-23H,9-11,16H2,1-3H3/t21-,22-,23-,25-,26-,27-/m0/s1. The number of alkyl halides is 1. The molecule has 0 aliphatic heterocycles. The van der Waals surface area contributed by atoms with Crippen LogP contribution < -0.4 is 0 Å². The number of ether oxygens (including phenoxy) is 1. The van der Waals surface area contributed by atoms with E-state index in [1.165, 1.54) is 17.9 Å². The number of allylic oxidation sites excluding steroid dienone is 6. The SMILES string of the molecule is CC(=O)O[C@H]1C[C@]2(C)C(Sc3ccccc3)=CC[C@H]2[C@@H]2CCC3=CC(=O)C=C[C@]3(C)[C@@]12F. The molecule has 0 heterocycles. The van der Waals surface area contributed by atoms with E-state index in [4.69, 9.17) is 4.74 Å². The van der Waals surface area contributed by atoms with Crippen molar-refractivity contribution >= 4 is 23.5 Å². The predicted molar refractivity (Wildman–Crippen MR) is 124 cm³/mol. The third-order valence-electron chi connectivity index (χ3n) is 8.41. The molecule has 1 aromatic rings. The smallest absolute Gasteiger partial charge is 0.303 e. The number of benzene rings is 1. The number of ketones is 1. The molecule has 2 fully saturated rings. The average molecular weight is 453 g/mol. The van der Waals surface area contributed by atoms with Gasteiger partial charge in [0, 0.05) is 28.6 Å². The Morgan fingerprint density at radius 3 is 2.66 bits per heavy atom. The maximum absolute atomic E-state index is 17.5. The van der Waals surface area contributed by atoms with Crippen molar-refractivity contribution in [2.75, 3.05) is 0 Å². The van der Waals surface area contributed by atoms with Crippen molar-refractivity contribution in [3.8, 4) is 0 Å². The molecule has 5 rings (SSSR count). The molecule has 0 aromatic heterocycles. The summed E-state index contributed by atoms with van der Waals surface area (Å²) in [5, 5.41) is 0. The summed E-state index contributed by atoms with van der Waals surface area (Å²) in [6.07, 6.45) is 8.85. The van der Waals surface area contributed by atoms with E-state index in [0.29, 0.717) is 19.3 Å². The van der Waals surface area contributed by atoms with Crippen LogP contribution in [0.1, 0.15) is 46.5 Å². The van der Waals surface area contributed by atoms with Gasteiger partial charge in [0.1, 0.15) is 6.10 Å². The zero-order chi connectivity index (χ0) is 22.7. The largest absolute Gasteiger partial charge is 0.459 e. The van der Waals surface area contributed by atoms with E-state index < -0.39 is 23.2 Å². The maximum atomic E-state index is 17.5. The normalized spacial score (nSPS) is 40.0. The van der Waals surface area contributed by atoms with Crippen LogP contribution in [0.3, 0.4) is 0 Å². The Kier molecular flexibility index (Phi) is 5.05. The summed E-state index contributed by atoms with van der Waals surface area (Å²) < 4.78 is 23.3. The fourth-order valence-electron chi connectivity index (χ4n) is 6.81. The van der Waals surface area contributed by atoms with Crippen molar-refractivity contribution in [2.45, 2.75) is 63.1 Å². The Morgan fingerprint density at radius 1 is 1.19 bits per heavy atom. The third kappa shape index (κ3) is 3.00. The second-order valence-electron chi connectivity index (χ2n) is 10.1. The Morgan fingerprint density at radius 2 is 1.94 bits per heavy atom. The topological polar surface area (TPSA) is 43.4 Å². The molecule has 32 heavy (non-hydrogen) atoms. The fraction of sp³-hybridized carbons (Fsp3) is 0.481. The molecule has 0 N–H and O–H groups in total. The first-order valence-electron chi connectivity index (χ1n) is 11.4. The number of esters is 1. The molecule has 168 valence electrons. The van der Waals surface area contributed by atoms with Gasteiger partial charge in [-0.25, -0.2) is 4.39 Å². The van der Waals surface area contributed by atoms with Gasteiger partial charge >= 0.3 is 5.97 Å². The average Bonchev–Trinajstić information content (AvgIpc) is 3.06. The van der Waals surface area contributed by atoms with Crippen LogP contribution in [0.2, 0.25) is 0 Å². The van der Waals surface area contributed by atoms with Crippen LogP contribution in [0.5, 0.6) is 0 Å². The minimum Gasteiger partial charge on any atom is -0.459 e. The molecule has 0 saturated heterocycles. The van der Waals surface area contributed by atoms with Crippen LogP contribution in [0, 0.1) is 22.7 Å². The van der Waals surface area contributed by atoms with Crippen molar-refractivity contribution < 1.29 is 18.7 Å². The van der Waals surface area contributed by atoms with E-state index in [0.717, 1.165) is 16.9 Å². The first kappa shape index (κ1) is 21.7. The summed E-state index contributed by atoms with van der Waals surface area (Å²) in [5.41, 5.74) is -2.12. The first-order valence-corrected chi connectivity index (χ1v) is 12.2. The lowest BCUT2D eigenvalue weighted by Gasteiger charge is -2.62. The minimum absolute atomic E-state index is 0.0895. The molecular formula is C27H29FO3S. The number of carbonyl (C=O) groups excluding carboxylic acids is 2. The Hall–Kier alpha value is -2.14. The summed E-state index contributed by atoms with van der Waals surface area (Å²) in [6, 6.07) is 10.2. The summed E-state index contributed by atoms with van der Waals surface area (Å²) in [7, 11) is 0. The molecule has 1 aromatic carbocycles. The van der Waals surface area contributed by atoms with Crippen molar-refractivity contribution in [3.63, 3.8) is 0 Å². The molecule has 0 spiro atoms. The minimum atomic E-state index is -1.75. The van der Waals surface area contributed by atoms with Gasteiger partial charge in [0.2, 0.25) is 0 Å². The van der Waals surface area contributed by atoms with Gasteiger partial charge in [0.15, 0.2) is 11.5 Å². The van der Waals surface area contributed by atoms with Gasteiger partial charge in [-0.2, -0.15) is 0 Å². The molecule has 4 aliphatic rings. The molecule has 4 aliphatic carbocycles. The van der Waals surface area contributed by atoms with E-state index in [1.54, 1.807) is 23.9 Å². The Labute approximate surface area is 193 Å². The monoisotopic (exact) mass is 452 g/mol. The highest BCUT2D eigenvalue weighted by molar-refractivity contribution is 8.03. The summed E-state index contributed by atoms with van der Waals surface area (Å²) >= 11 is 1.75. The van der Waals surface area contributed by atoms with Crippen LogP contribution >= 0.6 is 11.8 Å². The van der Waals surface area contributed by atoms with E-state index >= 15 is 4.39 Å². The van der Waals surface area contributed by atoms with E-state index in [-0.39, 0.29) is 23.0 Å².